The standard InChI is InChI=1S/C44H38N2S.C3H4/c1-5-8-18-35-22-16-26-39(44(35)47-30-32(7-3)33-19-11-9-12-20-33)46-38-25-15-21-34(17-6-2)42(38)41-31(4)43-36(29-40(41)46)27-28-45(43)37-23-13-10-14-24-37;1-3-2/h1,6-7,9-17,19-29H,8,18,30H2,2-4H3;1H,2H3/b17-6-,32-7+;. The molecule has 0 N–H and O–H groups in total. The van der Waals surface area contributed by atoms with Crippen LogP contribution in [0.1, 0.15) is 49.4 Å². The highest BCUT2D eigenvalue weighted by molar-refractivity contribution is 7.99. The largest absolute Gasteiger partial charge is 0.316 e. The summed E-state index contributed by atoms with van der Waals surface area (Å²) in [5.41, 5.74) is 12.4. The molecule has 2 aromatic heterocycles. The number of aromatic nitrogens is 2. The monoisotopic (exact) mass is 666 g/mol. The summed E-state index contributed by atoms with van der Waals surface area (Å²) in [5, 5.41) is 3.80. The smallest absolute Gasteiger partial charge is 0.0600 e. The normalized spacial score (nSPS) is 11.5. The summed E-state index contributed by atoms with van der Waals surface area (Å²) in [6, 6.07) is 39.4. The summed E-state index contributed by atoms with van der Waals surface area (Å²) >= 11 is 1.91. The fourth-order valence-electron chi connectivity index (χ4n) is 6.96. The van der Waals surface area contributed by atoms with Crippen molar-refractivity contribution in [2.24, 2.45) is 0 Å². The maximum Gasteiger partial charge on any atom is 0.0600 e. The SMILES string of the molecule is C#CC.C#CCCc1cccc(-n2c3cccc(/C=C\C)c3c3c(C)c4c(ccn4-c4ccccc4)cc32)c1SC/C(=C\C)c1ccccc1. The Kier molecular flexibility index (Phi) is 10.8. The van der Waals surface area contributed by atoms with Crippen molar-refractivity contribution in [1.82, 2.24) is 9.13 Å². The lowest BCUT2D eigenvalue weighted by atomic mass is 10.0. The van der Waals surface area contributed by atoms with Crippen LogP contribution in [0.5, 0.6) is 0 Å². The van der Waals surface area contributed by atoms with E-state index in [1.807, 2.05) is 11.8 Å². The Balaban J connectivity index is 0.00000139. The Bertz CT molecular complexity index is 2420. The third-order valence-electron chi connectivity index (χ3n) is 9.10. The number of fused-ring (bicyclic) bond motifs is 4. The summed E-state index contributed by atoms with van der Waals surface area (Å²) in [7, 11) is 0. The predicted octanol–water partition coefficient (Wildman–Crippen LogP) is 12.5. The first-order valence-electron chi connectivity index (χ1n) is 17.1. The van der Waals surface area contributed by atoms with Crippen LogP contribution < -0.4 is 0 Å². The number of hydrogen-bond acceptors (Lipinski definition) is 1. The van der Waals surface area contributed by atoms with Crippen LogP contribution in [0.2, 0.25) is 0 Å². The fourth-order valence-corrected chi connectivity index (χ4v) is 8.26. The first-order valence-corrected chi connectivity index (χ1v) is 18.1. The molecule has 0 bridgehead atoms. The third kappa shape index (κ3) is 6.54. The van der Waals surface area contributed by atoms with Gasteiger partial charge in [-0.2, -0.15) is 0 Å². The molecule has 5 aromatic carbocycles. The first-order chi connectivity index (χ1) is 24.6. The molecular weight excluding hydrogens is 625 g/mol. The highest BCUT2D eigenvalue weighted by Crippen LogP contribution is 2.43. The van der Waals surface area contributed by atoms with Crippen LogP contribution in [0.4, 0.5) is 0 Å². The van der Waals surface area contributed by atoms with E-state index in [-0.39, 0.29) is 0 Å². The molecule has 0 saturated carbocycles. The van der Waals surface area contributed by atoms with Crippen molar-refractivity contribution < 1.29 is 0 Å². The van der Waals surface area contributed by atoms with Crippen LogP contribution in [-0.2, 0) is 6.42 Å². The van der Waals surface area contributed by atoms with Crippen LogP contribution in [0.25, 0.3) is 55.7 Å². The zero-order chi connectivity index (χ0) is 35.0. The van der Waals surface area contributed by atoms with Crippen LogP contribution >= 0.6 is 11.8 Å². The Hall–Kier alpha value is -5.61. The minimum Gasteiger partial charge on any atom is -0.316 e. The molecule has 0 aliphatic carbocycles. The number of nitrogens with zero attached hydrogens (tertiary/aromatic N) is 2. The molecule has 0 amide bonds. The van der Waals surface area contributed by atoms with Crippen molar-refractivity contribution >= 4 is 56.1 Å². The fraction of sp³-hybridized carbons (Fsp3) is 0.149. The summed E-state index contributed by atoms with van der Waals surface area (Å²) in [6.45, 7) is 8.18. The van der Waals surface area contributed by atoms with Gasteiger partial charge >= 0.3 is 0 Å². The molecule has 0 spiro atoms. The molecule has 2 nitrogen and oxygen atoms in total. The molecule has 0 unspecified atom stereocenters. The van der Waals surface area contributed by atoms with Gasteiger partial charge in [-0.15, -0.1) is 36.4 Å². The second-order valence-electron chi connectivity index (χ2n) is 12.2. The molecule has 0 saturated heterocycles. The summed E-state index contributed by atoms with van der Waals surface area (Å²) < 4.78 is 4.83. The number of allylic oxidation sites excluding steroid dienone is 2. The molecule has 3 heteroatoms. The predicted molar refractivity (Wildman–Crippen MR) is 220 cm³/mol. The van der Waals surface area contributed by atoms with Gasteiger partial charge in [0.15, 0.2) is 0 Å². The first kappa shape index (κ1) is 34.3. The lowest BCUT2D eigenvalue weighted by Crippen LogP contribution is -2.01. The second kappa shape index (κ2) is 15.7. The van der Waals surface area contributed by atoms with E-state index >= 15 is 0 Å². The van der Waals surface area contributed by atoms with Crippen LogP contribution in [-0.4, -0.2) is 14.9 Å². The Labute approximate surface area is 301 Å². The van der Waals surface area contributed by atoms with Crippen molar-refractivity contribution in [3.05, 3.63) is 150 Å². The van der Waals surface area contributed by atoms with E-state index in [9.17, 15) is 0 Å². The third-order valence-corrected chi connectivity index (χ3v) is 10.3. The Morgan fingerprint density at radius 3 is 2.24 bits per heavy atom. The Morgan fingerprint density at radius 1 is 0.820 bits per heavy atom. The van der Waals surface area contributed by atoms with Crippen molar-refractivity contribution in [2.75, 3.05) is 5.75 Å². The molecule has 246 valence electrons. The second-order valence-corrected chi connectivity index (χ2v) is 13.1. The number of para-hydroxylation sites is 1. The van der Waals surface area contributed by atoms with Crippen molar-refractivity contribution in [1.29, 1.82) is 0 Å². The van der Waals surface area contributed by atoms with Gasteiger partial charge in [0.25, 0.3) is 0 Å². The number of terminal acetylenes is 2. The molecule has 7 rings (SSSR count). The van der Waals surface area contributed by atoms with Gasteiger partial charge in [-0.1, -0.05) is 91.0 Å². The summed E-state index contributed by atoms with van der Waals surface area (Å²) in [5.74, 6) is 6.00. The molecule has 0 fully saturated rings. The molecule has 0 atom stereocenters. The van der Waals surface area contributed by atoms with Gasteiger partial charge in [0, 0.05) is 45.1 Å². The number of aryl methyl sites for hydroxylation is 2. The molecule has 0 aliphatic rings. The summed E-state index contributed by atoms with van der Waals surface area (Å²) in [6.07, 6.45) is 20.8. The number of rotatable bonds is 9. The van der Waals surface area contributed by atoms with Gasteiger partial charge in [-0.25, -0.2) is 0 Å². The number of benzene rings is 5. The van der Waals surface area contributed by atoms with Crippen molar-refractivity contribution in [3.63, 3.8) is 0 Å². The van der Waals surface area contributed by atoms with Gasteiger partial charge in [0.1, 0.15) is 0 Å². The highest BCUT2D eigenvalue weighted by Gasteiger charge is 2.22. The van der Waals surface area contributed by atoms with E-state index < -0.39 is 0 Å². The molecular formula is C47H42N2S. The number of hydrogen-bond donors (Lipinski definition) is 0. The zero-order valence-electron chi connectivity index (χ0n) is 29.3. The number of thioether (sulfide) groups is 1. The molecule has 50 heavy (non-hydrogen) atoms. The van der Waals surface area contributed by atoms with Crippen molar-refractivity contribution in [3.8, 4) is 36.1 Å². The van der Waals surface area contributed by atoms with Crippen molar-refractivity contribution in [2.45, 2.75) is 45.4 Å². The van der Waals surface area contributed by atoms with Crippen LogP contribution in [0.3, 0.4) is 0 Å². The van der Waals surface area contributed by atoms with Gasteiger partial charge in [0.2, 0.25) is 0 Å². The highest BCUT2D eigenvalue weighted by atomic mass is 32.2. The minimum absolute atomic E-state index is 0.706. The zero-order valence-corrected chi connectivity index (χ0v) is 30.1. The van der Waals surface area contributed by atoms with Gasteiger partial charge < -0.3 is 9.13 Å². The van der Waals surface area contributed by atoms with E-state index in [0.717, 1.165) is 12.2 Å². The van der Waals surface area contributed by atoms with Gasteiger partial charge in [0.05, 0.1) is 22.2 Å². The average molecular weight is 667 g/mol. The van der Waals surface area contributed by atoms with Gasteiger partial charge in [-0.3, -0.25) is 0 Å². The van der Waals surface area contributed by atoms with E-state index in [0.29, 0.717) is 6.42 Å². The topological polar surface area (TPSA) is 9.86 Å². The average Bonchev–Trinajstić information content (AvgIpc) is 3.73. The maximum absolute atomic E-state index is 5.81. The summed E-state index contributed by atoms with van der Waals surface area (Å²) in [4.78, 5) is 1.29. The van der Waals surface area contributed by atoms with E-state index in [1.165, 1.54) is 76.8 Å². The van der Waals surface area contributed by atoms with E-state index in [2.05, 4.69) is 182 Å². The minimum atomic E-state index is 0.706. The molecule has 2 heterocycles. The van der Waals surface area contributed by atoms with E-state index in [4.69, 9.17) is 6.42 Å². The van der Waals surface area contributed by atoms with Crippen LogP contribution in [0.15, 0.2) is 132 Å². The lowest BCUT2D eigenvalue weighted by molar-refractivity contribution is 0.974. The molecule has 0 aliphatic heterocycles. The molecule has 7 aromatic rings. The molecule has 0 radical (unpaired) electrons. The quantitative estimate of drug-likeness (QED) is 0.110. The van der Waals surface area contributed by atoms with Gasteiger partial charge in [-0.05, 0) is 98.3 Å². The van der Waals surface area contributed by atoms with E-state index in [1.54, 1.807) is 6.92 Å². The van der Waals surface area contributed by atoms with Crippen LogP contribution in [0, 0.1) is 31.6 Å². The Morgan fingerprint density at radius 2 is 1.54 bits per heavy atom. The lowest BCUT2D eigenvalue weighted by Gasteiger charge is -2.18. The maximum atomic E-state index is 5.81.